The van der Waals surface area contributed by atoms with Crippen molar-refractivity contribution in [3.63, 3.8) is 0 Å². The molecule has 1 unspecified atom stereocenters. The summed E-state index contributed by atoms with van der Waals surface area (Å²) in [4.78, 5) is 63.8. The van der Waals surface area contributed by atoms with Gasteiger partial charge in [-0.2, -0.15) is 0 Å². The first-order valence-electron chi connectivity index (χ1n) is 18.6. The second-order valence-corrected chi connectivity index (χ2v) is 14.5. The number of hydrogen-bond acceptors (Lipinski definition) is 9. The van der Waals surface area contributed by atoms with Crippen LogP contribution in [0.25, 0.3) is 0 Å². The molecule has 18 nitrogen and oxygen atoms in total. The highest BCUT2D eigenvalue weighted by Gasteiger charge is 2.37. The Hall–Kier alpha value is -6.59. The summed E-state index contributed by atoms with van der Waals surface area (Å²) < 4.78 is 17.4. The maximum atomic E-state index is 13.3. The van der Waals surface area contributed by atoms with E-state index in [0.717, 1.165) is 38.5 Å². The first kappa shape index (κ1) is 41.6. The minimum atomic E-state index is -0.463. The molecule has 57 heavy (non-hydrogen) atoms. The van der Waals surface area contributed by atoms with Crippen LogP contribution in [-0.2, 0) is 37.7 Å². The predicted octanol–water partition coefficient (Wildman–Crippen LogP) is 4.23. The van der Waals surface area contributed by atoms with Crippen LogP contribution in [0.1, 0.15) is 100 Å². The van der Waals surface area contributed by atoms with Gasteiger partial charge in [0.25, 0.3) is 23.6 Å². The Balaban J connectivity index is 1.07. The standard InChI is InChI=1S/C39H51N11O7/c1-24-20-39(2,57-38(24)55)13-10-8-7-9-11-15-56-33-19-31(50(6)46-33)37(54)45-27-18-30(49(5)23-27)36(53)44-26-17-29(48(4)22-26)35(52)43-25-16-28(47(3)21-25)34(51)42-14-12-32(40)41/h16-19,21-23H,1,7-15,20H2,2-6H3,(H3,40,41)(H,42,51)(H,43,52)(H,44,53)(H,45,54). The van der Waals surface area contributed by atoms with E-state index in [9.17, 15) is 24.0 Å². The number of unbranched alkanes of at least 4 members (excludes halogenated alkanes) is 4. The van der Waals surface area contributed by atoms with Crippen LogP contribution in [0.15, 0.2) is 55.0 Å². The van der Waals surface area contributed by atoms with Crippen molar-refractivity contribution in [2.24, 2.45) is 33.9 Å². The normalized spacial score (nSPS) is 15.0. The molecule has 7 N–H and O–H groups in total. The van der Waals surface area contributed by atoms with Gasteiger partial charge < -0.3 is 50.2 Å². The topological polar surface area (TPSA) is 234 Å². The van der Waals surface area contributed by atoms with E-state index < -0.39 is 23.3 Å². The molecule has 1 fully saturated rings. The summed E-state index contributed by atoms with van der Waals surface area (Å²) in [6.07, 6.45) is 11.2. The first-order chi connectivity index (χ1) is 27.0. The number of hydrogen-bond donors (Lipinski definition) is 6. The number of amides is 4. The number of cyclic esters (lactones) is 1. The van der Waals surface area contributed by atoms with Gasteiger partial charge in [-0.1, -0.05) is 25.8 Å². The average Bonchev–Trinajstić information content (AvgIpc) is 3.93. The molecule has 1 aliphatic heterocycles. The number of carbonyl (C=O) groups excluding carboxylic acids is 5. The number of amidine groups is 1. The summed E-state index contributed by atoms with van der Waals surface area (Å²) in [5.41, 5.74) is 7.71. The molecule has 0 spiro atoms. The van der Waals surface area contributed by atoms with Gasteiger partial charge in [-0.15, -0.1) is 5.10 Å². The van der Waals surface area contributed by atoms with E-state index in [1.165, 1.54) is 22.9 Å². The number of nitrogens with two attached hydrogens (primary N) is 1. The Morgan fingerprint density at radius 1 is 0.807 bits per heavy atom. The predicted molar refractivity (Wildman–Crippen MR) is 214 cm³/mol. The van der Waals surface area contributed by atoms with Crippen molar-refractivity contribution >= 4 is 52.5 Å². The summed E-state index contributed by atoms with van der Waals surface area (Å²) in [5.74, 6) is -1.72. The van der Waals surface area contributed by atoms with E-state index in [0.29, 0.717) is 47.2 Å². The van der Waals surface area contributed by atoms with Gasteiger partial charge in [0.2, 0.25) is 5.88 Å². The lowest BCUT2D eigenvalue weighted by atomic mass is 9.93. The zero-order valence-corrected chi connectivity index (χ0v) is 33.0. The third kappa shape index (κ3) is 10.8. The summed E-state index contributed by atoms with van der Waals surface area (Å²) in [5, 5.41) is 22.7. The van der Waals surface area contributed by atoms with E-state index in [-0.39, 0.29) is 47.8 Å². The van der Waals surface area contributed by atoms with Crippen molar-refractivity contribution in [1.29, 1.82) is 5.41 Å². The van der Waals surface area contributed by atoms with Gasteiger partial charge in [0.05, 0.1) is 29.5 Å². The highest BCUT2D eigenvalue weighted by Crippen LogP contribution is 2.34. The average molecular weight is 786 g/mol. The summed E-state index contributed by atoms with van der Waals surface area (Å²) in [6.45, 7) is 6.39. The fourth-order valence-electron chi connectivity index (χ4n) is 6.59. The molecule has 0 aromatic carbocycles. The minimum Gasteiger partial charge on any atom is -0.477 e. The number of rotatable bonds is 19. The molecule has 0 saturated carbocycles. The highest BCUT2D eigenvalue weighted by atomic mass is 16.6. The molecule has 0 radical (unpaired) electrons. The summed E-state index contributed by atoms with van der Waals surface area (Å²) in [7, 11) is 6.65. The van der Waals surface area contributed by atoms with E-state index in [1.54, 1.807) is 66.5 Å². The second-order valence-electron chi connectivity index (χ2n) is 14.5. The SMILES string of the molecule is C=C1CC(C)(CCCCCCCOc2cc(C(=O)Nc3cc(C(=O)Nc4cc(C(=O)Nc5cc(C(=O)NCCC(=N)N)n(C)c5)n(C)c4)n(C)c3)n(C)n2)OC1=O. The van der Waals surface area contributed by atoms with Crippen LogP contribution in [0.5, 0.6) is 5.88 Å². The number of esters is 1. The Morgan fingerprint density at radius 3 is 1.81 bits per heavy atom. The smallest absolute Gasteiger partial charge is 0.334 e. The zero-order valence-electron chi connectivity index (χ0n) is 33.0. The van der Waals surface area contributed by atoms with Crippen molar-refractivity contribution < 1.29 is 33.4 Å². The number of carbonyl (C=O) groups is 5. The van der Waals surface area contributed by atoms with Crippen LogP contribution in [-0.4, -0.2) is 77.7 Å². The quantitative estimate of drug-likeness (QED) is 0.0262. The molecule has 18 heteroatoms. The van der Waals surface area contributed by atoms with E-state index >= 15 is 0 Å². The number of aromatic nitrogens is 5. The molecule has 1 aliphatic rings. The highest BCUT2D eigenvalue weighted by molar-refractivity contribution is 6.08. The first-order valence-corrected chi connectivity index (χ1v) is 18.6. The number of anilines is 3. The van der Waals surface area contributed by atoms with Crippen LogP contribution in [0, 0.1) is 5.41 Å². The number of aryl methyl sites for hydroxylation is 4. The van der Waals surface area contributed by atoms with Crippen LogP contribution in [0.4, 0.5) is 17.1 Å². The van der Waals surface area contributed by atoms with Crippen LogP contribution in [0.2, 0.25) is 0 Å². The molecule has 304 valence electrons. The Morgan fingerprint density at radius 2 is 1.30 bits per heavy atom. The molecule has 4 amide bonds. The van der Waals surface area contributed by atoms with E-state index in [1.807, 2.05) is 6.92 Å². The van der Waals surface area contributed by atoms with Crippen molar-refractivity contribution in [2.45, 2.75) is 63.9 Å². The van der Waals surface area contributed by atoms with Gasteiger partial charge in [-0.25, -0.2) is 4.79 Å². The van der Waals surface area contributed by atoms with Crippen LogP contribution >= 0.6 is 0 Å². The molecular formula is C39H51N11O7. The van der Waals surface area contributed by atoms with Crippen molar-refractivity contribution in [3.8, 4) is 5.88 Å². The molecule has 0 bridgehead atoms. The molecule has 4 aromatic rings. The van der Waals surface area contributed by atoms with E-state index in [4.69, 9.17) is 20.6 Å². The monoisotopic (exact) mass is 785 g/mol. The molecule has 5 rings (SSSR count). The largest absolute Gasteiger partial charge is 0.477 e. The fourth-order valence-corrected chi connectivity index (χ4v) is 6.59. The molecule has 4 aromatic heterocycles. The van der Waals surface area contributed by atoms with Crippen molar-refractivity contribution in [2.75, 3.05) is 29.1 Å². The Kier molecular flexibility index (Phi) is 13.1. The van der Waals surface area contributed by atoms with Gasteiger partial charge in [0.15, 0.2) is 0 Å². The molecule has 5 heterocycles. The van der Waals surface area contributed by atoms with Crippen molar-refractivity contribution in [3.05, 3.63) is 77.8 Å². The lowest BCUT2D eigenvalue weighted by molar-refractivity contribution is -0.145. The molecule has 1 atom stereocenters. The van der Waals surface area contributed by atoms with Crippen molar-refractivity contribution in [1.82, 2.24) is 28.8 Å². The third-order valence-electron chi connectivity index (χ3n) is 9.57. The minimum absolute atomic E-state index is 0.0339. The molecule has 1 saturated heterocycles. The second kappa shape index (κ2) is 17.9. The molecular weight excluding hydrogens is 734 g/mol. The van der Waals surface area contributed by atoms with Gasteiger partial charge >= 0.3 is 5.97 Å². The van der Waals surface area contributed by atoms with Gasteiger partial charge in [0.1, 0.15) is 28.4 Å². The summed E-state index contributed by atoms with van der Waals surface area (Å²) >= 11 is 0. The lowest BCUT2D eigenvalue weighted by Crippen LogP contribution is -2.28. The van der Waals surface area contributed by atoms with Gasteiger partial charge in [-0.05, 0) is 44.4 Å². The van der Waals surface area contributed by atoms with Gasteiger partial charge in [-0.3, -0.25) is 29.3 Å². The van der Waals surface area contributed by atoms with Gasteiger partial charge in [0, 0.05) is 77.8 Å². The fraction of sp³-hybridized carbons (Fsp3) is 0.410. The maximum Gasteiger partial charge on any atom is 0.334 e. The Labute approximate surface area is 330 Å². The number of nitrogens with zero attached hydrogens (tertiary/aromatic N) is 5. The van der Waals surface area contributed by atoms with Crippen LogP contribution < -0.4 is 31.7 Å². The van der Waals surface area contributed by atoms with E-state index in [2.05, 4.69) is 32.9 Å². The zero-order chi connectivity index (χ0) is 41.4. The maximum absolute atomic E-state index is 13.3. The molecule has 0 aliphatic carbocycles. The number of nitrogens with one attached hydrogen (secondary N) is 5. The lowest BCUT2D eigenvalue weighted by Gasteiger charge is -2.21. The third-order valence-corrected chi connectivity index (χ3v) is 9.57. The number of ether oxygens (including phenoxy) is 2. The summed E-state index contributed by atoms with van der Waals surface area (Å²) in [6, 6.07) is 6.16. The Bertz CT molecular complexity index is 2170. The van der Waals surface area contributed by atoms with Crippen LogP contribution in [0.3, 0.4) is 0 Å².